The van der Waals surface area contributed by atoms with Crippen LogP contribution in [-0.4, -0.2) is 9.97 Å². The molecule has 3 N–H and O–H groups in total. The number of aromatic amines is 1. The molecule has 0 aromatic carbocycles. The van der Waals surface area contributed by atoms with E-state index in [-0.39, 0.29) is 5.82 Å². The molecule has 0 atom stereocenters. The molecule has 0 amide bonds. The van der Waals surface area contributed by atoms with E-state index in [1.807, 2.05) is 0 Å². The maximum Gasteiger partial charge on any atom is 0.347 e. The van der Waals surface area contributed by atoms with E-state index in [0.717, 1.165) is 0 Å². The Balaban J connectivity index is 3.33. The average molecular weight is 190 g/mol. The van der Waals surface area contributed by atoms with E-state index in [9.17, 15) is 4.79 Å². The van der Waals surface area contributed by atoms with Gasteiger partial charge in [0.1, 0.15) is 5.82 Å². The summed E-state index contributed by atoms with van der Waals surface area (Å²) < 4.78 is 0.542. The highest BCUT2D eigenvalue weighted by molar-refractivity contribution is 9.10. The molecule has 0 aliphatic carbocycles. The van der Waals surface area contributed by atoms with E-state index in [4.69, 9.17) is 5.73 Å². The first kappa shape index (κ1) is 6.28. The van der Waals surface area contributed by atoms with Gasteiger partial charge in [-0.2, -0.15) is 4.98 Å². The molecule has 1 aromatic rings. The van der Waals surface area contributed by atoms with Gasteiger partial charge in [0.25, 0.3) is 0 Å². The molecule has 1 rings (SSSR count). The molecule has 5 heteroatoms. The molecule has 4 nitrogen and oxygen atoms in total. The van der Waals surface area contributed by atoms with Crippen molar-refractivity contribution in [1.29, 1.82) is 0 Å². The molecule has 48 valence electrons. The van der Waals surface area contributed by atoms with Crippen molar-refractivity contribution in [3.05, 3.63) is 21.2 Å². The Morgan fingerprint density at radius 2 is 2.44 bits per heavy atom. The van der Waals surface area contributed by atoms with Crippen LogP contribution in [0.2, 0.25) is 0 Å². The van der Waals surface area contributed by atoms with Crippen molar-refractivity contribution in [1.82, 2.24) is 9.97 Å². The zero-order chi connectivity index (χ0) is 6.85. The highest BCUT2D eigenvalue weighted by Crippen LogP contribution is 2.02. The second-order valence-corrected chi connectivity index (χ2v) is 2.31. The van der Waals surface area contributed by atoms with Crippen LogP contribution in [-0.2, 0) is 0 Å². The predicted octanol–water partition coefficient (Wildman–Crippen LogP) is 0.115. The molecule has 0 radical (unpaired) electrons. The summed E-state index contributed by atoms with van der Waals surface area (Å²) in [7, 11) is 0. The third kappa shape index (κ3) is 1.53. The summed E-state index contributed by atoms with van der Waals surface area (Å²) in [6.07, 6.45) is 0. The fraction of sp³-hybridized carbons (Fsp3) is 0. The summed E-state index contributed by atoms with van der Waals surface area (Å²) >= 11 is 3.04. The number of nitrogens with two attached hydrogens (primary N) is 1. The van der Waals surface area contributed by atoms with Crippen LogP contribution < -0.4 is 11.4 Å². The second kappa shape index (κ2) is 2.18. The molecule has 9 heavy (non-hydrogen) atoms. The molecule has 0 bridgehead atoms. The second-order valence-electron chi connectivity index (χ2n) is 1.46. The number of nitrogen functional groups attached to an aromatic ring is 1. The van der Waals surface area contributed by atoms with Crippen molar-refractivity contribution in [3.63, 3.8) is 0 Å². The van der Waals surface area contributed by atoms with Gasteiger partial charge in [0.05, 0.1) is 4.60 Å². The van der Waals surface area contributed by atoms with Crippen molar-refractivity contribution in [2.45, 2.75) is 0 Å². The van der Waals surface area contributed by atoms with E-state index in [0.29, 0.717) is 4.60 Å². The van der Waals surface area contributed by atoms with Crippen LogP contribution in [0.5, 0.6) is 0 Å². The summed E-state index contributed by atoms with van der Waals surface area (Å²) in [5.41, 5.74) is 4.76. The first-order valence-electron chi connectivity index (χ1n) is 2.21. The lowest BCUT2D eigenvalue weighted by atomic mass is 10.6. The van der Waals surface area contributed by atoms with E-state index >= 15 is 0 Å². The van der Waals surface area contributed by atoms with Crippen LogP contribution in [0.4, 0.5) is 5.82 Å². The number of nitrogens with one attached hydrogen (secondary N) is 1. The zero-order valence-electron chi connectivity index (χ0n) is 4.39. The minimum atomic E-state index is -0.443. The van der Waals surface area contributed by atoms with Crippen molar-refractivity contribution in [3.8, 4) is 0 Å². The third-order valence-electron chi connectivity index (χ3n) is 0.732. The van der Waals surface area contributed by atoms with Crippen LogP contribution in [0.25, 0.3) is 0 Å². The summed E-state index contributed by atoms with van der Waals surface area (Å²) in [6.45, 7) is 0. The molecule has 0 saturated carbocycles. The van der Waals surface area contributed by atoms with Gasteiger partial charge in [0, 0.05) is 6.07 Å². The van der Waals surface area contributed by atoms with Crippen molar-refractivity contribution >= 4 is 21.7 Å². The largest absolute Gasteiger partial charge is 0.383 e. The van der Waals surface area contributed by atoms with Gasteiger partial charge < -0.3 is 5.73 Å². The Labute approximate surface area is 59.2 Å². The number of hydrogen-bond acceptors (Lipinski definition) is 3. The first-order valence-corrected chi connectivity index (χ1v) is 3.00. The summed E-state index contributed by atoms with van der Waals surface area (Å²) in [5, 5.41) is 0. The van der Waals surface area contributed by atoms with Crippen LogP contribution in [0, 0.1) is 0 Å². The van der Waals surface area contributed by atoms with Crippen molar-refractivity contribution in [2.24, 2.45) is 0 Å². The van der Waals surface area contributed by atoms with E-state index < -0.39 is 5.69 Å². The topological polar surface area (TPSA) is 71.8 Å². The number of H-pyrrole nitrogens is 1. The number of anilines is 1. The molecule has 0 aliphatic heterocycles. The Morgan fingerprint density at radius 3 is 2.89 bits per heavy atom. The monoisotopic (exact) mass is 189 g/mol. The van der Waals surface area contributed by atoms with Crippen LogP contribution in [0.3, 0.4) is 0 Å². The molecular weight excluding hydrogens is 186 g/mol. The predicted molar refractivity (Wildman–Crippen MR) is 37.0 cm³/mol. The van der Waals surface area contributed by atoms with Crippen LogP contribution in [0.1, 0.15) is 0 Å². The quantitative estimate of drug-likeness (QED) is 0.570. The maximum absolute atomic E-state index is 10.4. The molecule has 0 fully saturated rings. The van der Waals surface area contributed by atoms with E-state index in [1.165, 1.54) is 6.07 Å². The van der Waals surface area contributed by atoms with Gasteiger partial charge in [-0.3, -0.25) is 4.98 Å². The number of hydrogen-bond donors (Lipinski definition) is 2. The lowest BCUT2D eigenvalue weighted by Gasteiger charge is -1.89. The standard InChI is InChI=1S/C4H4BrN3O/c5-2-1-3(6)8-4(9)7-2/h1H,(H3,6,7,8,9). The zero-order valence-corrected chi connectivity index (χ0v) is 5.97. The van der Waals surface area contributed by atoms with Gasteiger partial charge in [-0.05, 0) is 15.9 Å². The highest BCUT2D eigenvalue weighted by Gasteiger charge is 1.90. The molecule has 1 heterocycles. The summed E-state index contributed by atoms with van der Waals surface area (Å²) in [4.78, 5) is 16.2. The van der Waals surface area contributed by atoms with Crippen molar-refractivity contribution in [2.75, 3.05) is 5.73 Å². The fourth-order valence-electron chi connectivity index (χ4n) is 0.446. The van der Waals surface area contributed by atoms with E-state index in [1.54, 1.807) is 0 Å². The molecular formula is C4H4BrN3O. The number of rotatable bonds is 0. The molecule has 0 spiro atoms. The van der Waals surface area contributed by atoms with Gasteiger partial charge in [0.15, 0.2) is 0 Å². The molecule has 0 saturated heterocycles. The Morgan fingerprint density at radius 1 is 1.78 bits per heavy atom. The Hall–Kier alpha value is -0.840. The average Bonchev–Trinajstić information content (AvgIpc) is 1.59. The smallest absolute Gasteiger partial charge is 0.347 e. The van der Waals surface area contributed by atoms with Gasteiger partial charge in [-0.15, -0.1) is 0 Å². The number of aromatic nitrogens is 2. The molecule has 0 aliphatic rings. The van der Waals surface area contributed by atoms with Gasteiger partial charge in [0.2, 0.25) is 0 Å². The van der Waals surface area contributed by atoms with E-state index in [2.05, 4.69) is 25.9 Å². The number of nitrogens with zero attached hydrogens (tertiary/aromatic N) is 1. The minimum absolute atomic E-state index is 0.214. The minimum Gasteiger partial charge on any atom is -0.383 e. The molecule has 0 unspecified atom stereocenters. The summed E-state index contributed by atoms with van der Waals surface area (Å²) in [6, 6.07) is 1.52. The maximum atomic E-state index is 10.4. The van der Waals surface area contributed by atoms with Crippen LogP contribution >= 0.6 is 15.9 Å². The summed E-state index contributed by atoms with van der Waals surface area (Å²) in [5.74, 6) is 0.214. The lowest BCUT2D eigenvalue weighted by molar-refractivity contribution is 1.06. The number of halogens is 1. The lowest BCUT2D eigenvalue weighted by Crippen LogP contribution is -2.11. The van der Waals surface area contributed by atoms with Gasteiger partial charge >= 0.3 is 5.69 Å². The van der Waals surface area contributed by atoms with Crippen LogP contribution in [0.15, 0.2) is 15.5 Å². The van der Waals surface area contributed by atoms with Crippen molar-refractivity contribution < 1.29 is 0 Å². The van der Waals surface area contributed by atoms with Gasteiger partial charge in [-0.25, -0.2) is 4.79 Å². The highest BCUT2D eigenvalue weighted by atomic mass is 79.9. The van der Waals surface area contributed by atoms with Gasteiger partial charge in [-0.1, -0.05) is 0 Å². The third-order valence-corrected chi connectivity index (χ3v) is 1.16. The molecule has 1 aromatic heterocycles. The Kier molecular flexibility index (Phi) is 1.52. The normalized spacial score (nSPS) is 9.44. The SMILES string of the molecule is Nc1cc(Br)[nH]c(=O)n1. The first-order chi connectivity index (χ1) is 4.18. The Bertz CT molecular complexity index is 246. The fourth-order valence-corrected chi connectivity index (χ4v) is 0.850.